The van der Waals surface area contributed by atoms with Gasteiger partial charge in [0, 0.05) is 16.8 Å². The van der Waals surface area contributed by atoms with Crippen LogP contribution in [-0.2, 0) is 4.79 Å². The van der Waals surface area contributed by atoms with Crippen LogP contribution in [0.15, 0.2) is 48.5 Å². The molecular formula is C17H14Cl2N2O3. The summed E-state index contributed by atoms with van der Waals surface area (Å²) in [5.74, 6) is 0.160. The third-order valence-corrected chi connectivity index (χ3v) is 4.14. The average molecular weight is 365 g/mol. The minimum atomic E-state index is -0.355. The zero-order valence-corrected chi connectivity index (χ0v) is 14.1. The topological polar surface area (TPSA) is 49.9 Å². The molecule has 24 heavy (non-hydrogen) atoms. The molecule has 0 aromatic heterocycles. The van der Waals surface area contributed by atoms with E-state index in [4.69, 9.17) is 27.9 Å². The molecule has 0 unspecified atom stereocenters. The summed E-state index contributed by atoms with van der Waals surface area (Å²) in [7, 11) is 0. The maximum absolute atomic E-state index is 12.4. The summed E-state index contributed by atoms with van der Waals surface area (Å²) in [6, 6.07) is 13.6. The smallest absolute Gasteiger partial charge is 0.331 e. The van der Waals surface area contributed by atoms with Crippen LogP contribution in [-0.4, -0.2) is 36.5 Å². The number of ether oxygens (including phenoxy) is 1. The molecule has 0 N–H and O–H groups in total. The van der Waals surface area contributed by atoms with Gasteiger partial charge in [0.15, 0.2) is 0 Å². The zero-order chi connectivity index (χ0) is 17.1. The van der Waals surface area contributed by atoms with Gasteiger partial charge in [-0.1, -0.05) is 41.4 Å². The Balaban J connectivity index is 1.62. The minimum Gasteiger partial charge on any atom is -0.490 e. The second-order valence-electron chi connectivity index (χ2n) is 5.17. The maximum atomic E-state index is 12.4. The second-order valence-corrected chi connectivity index (χ2v) is 6.02. The van der Waals surface area contributed by atoms with Gasteiger partial charge in [0.05, 0.1) is 11.6 Å². The molecule has 7 heteroatoms. The summed E-state index contributed by atoms with van der Waals surface area (Å²) in [6.07, 6.45) is 0. The molecule has 1 fully saturated rings. The number of hydrogen-bond acceptors (Lipinski definition) is 3. The molecule has 1 heterocycles. The number of amides is 3. The van der Waals surface area contributed by atoms with Crippen LogP contribution in [0.25, 0.3) is 0 Å². The van der Waals surface area contributed by atoms with Gasteiger partial charge in [0.1, 0.15) is 18.9 Å². The Morgan fingerprint density at radius 3 is 2.54 bits per heavy atom. The van der Waals surface area contributed by atoms with Crippen LogP contribution in [0.5, 0.6) is 5.75 Å². The third kappa shape index (κ3) is 3.47. The van der Waals surface area contributed by atoms with Crippen molar-refractivity contribution in [3.05, 3.63) is 58.6 Å². The minimum absolute atomic E-state index is 0.0285. The summed E-state index contributed by atoms with van der Waals surface area (Å²) in [4.78, 5) is 27.1. The Bertz CT molecular complexity index is 768. The van der Waals surface area contributed by atoms with Gasteiger partial charge in [0.25, 0.3) is 5.91 Å². The van der Waals surface area contributed by atoms with E-state index in [1.54, 1.807) is 30.3 Å². The van der Waals surface area contributed by atoms with Gasteiger partial charge in [-0.15, -0.1) is 0 Å². The fourth-order valence-corrected chi connectivity index (χ4v) is 2.74. The number of imide groups is 1. The molecule has 124 valence electrons. The molecule has 1 saturated heterocycles. The van der Waals surface area contributed by atoms with Crippen LogP contribution >= 0.6 is 23.2 Å². The van der Waals surface area contributed by atoms with Crippen molar-refractivity contribution in [1.82, 2.24) is 4.90 Å². The predicted molar refractivity (Wildman–Crippen MR) is 92.9 cm³/mol. The molecule has 0 atom stereocenters. The van der Waals surface area contributed by atoms with E-state index in [0.717, 1.165) is 0 Å². The normalized spacial score (nSPS) is 14.4. The summed E-state index contributed by atoms with van der Waals surface area (Å²) in [5, 5.41) is 0.919. The number of rotatable bonds is 5. The summed E-state index contributed by atoms with van der Waals surface area (Å²) < 4.78 is 5.54. The van der Waals surface area contributed by atoms with Crippen molar-refractivity contribution >= 4 is 40.8 Å². The standard InChI is InChI=1S/C17H14Cl2N2O3/c18-12-6-7-14(19)15(10-12)24-9-8-20-16(22)11-21(17(20)23)13-4-2-1-3-5-13/h1-7,10H,8-9,11H2. The monoisotopic (exact) mass is 364 g/mol. The van der Waals surface area contributed by atoms with Crippen molar-refractivity contribution in [2.45, 2.75) is 0 Å². The van der Waals surface area contributed by atoms with Gasteiger partial charge in [-0.25, -0.2) is 4.79 Å². The van der Waals surface area contributed by atoms with Crippen molar-refractivity contribution in [3.8, 4) is 5.75 Å². The highest BCUT2D eigenvalue weighted by atomic mass is 35.5. The first-order valence-electron chi connectivity index (χ1n) is 7.31. The van der Waals surface area contributed by atoms with Gasteiger partial charge in [-0.2, -0.15) is 0 Å². The fourth-order valence-electron chi connectivity index (χ4n) is 2.41. The van der Waals surface area contributed by atoms with E-state index in [1.807, 2.05) is 18.2 Å². The lowest BCUT2D eigenvalue weighted by Crippen LogP contribution is -2.36. The lowest BCUT2D eigenvalue weighted by atomic mass is 10.3. The van der Waals surface area contributed by atoms with Crippen molar-refractivity contribution in [1.29, 1.82) is 0 Å². The number of carbonyl (C=O) groups excluding carboxylic acids is 2. The zero-order valence-electron chi connectivity index (χ0n) is 12.6. The summed E-state index contributed by atoms with van der Waals surface area (Å²) >= 11 is 11.9. The molecule has 2 aromatic carbocycles. The Hall–Kier alpha value is -2.24. The highest BCUT2D eigenvalue weighted by molar-refractivity contribution is 6.34. The maximum Gasteiger partial charge on any atom is 0.331 e. The first-order chi connectivity index (χ1) is 11.6. The van der Waals surface area contributed by atoms with Crippen molar-refractivity contribution in [2.24, 2.45) is 0 Å². The van der Waals surface area contributed by atoms with Gasteiger partial charge in [-0.05, 0) is 24.3 Å². The van der Waals surface area contributed by atoms with E-state index in [9.17, 15) is 9.59 Å². The van der Waals surface area contributed by atoms with Crippen molar-refractivity contribution in [2.75, 3.05) is 24.6 Å². The lowest BCUT2D eigenvalue weighted by molar-refractivity contribution is -0.125. The number of urea groups is 1. The van der Waals surface area contributed by atoms with E-state index < -0.39 is 0 Å². The molecule has 0 aliphatic carbocycles. The van der Waals surface area contributed by atoms with Crippen molar-refractivity contribution < 1.29 is 14.3 Å². The number of benzene rings is 2. The molecule has 3 amide bonds. The molecule has 5 nitrogen and oxygen atoms in total. The SMILES string of the molecule is O=C1CN(c2ccccc2)C(=O)N1CCOc1cc(Cl)ccc1Cl. The predicted octanol–water partition coefficient (Wildman–Crippen LogP) is 3.84. The van der Waals surface area contributed by atoms with Crippen molar-refractivity contribution in [3.63, 3.8) is 0 Å². The lowest BCUT2D eigenvalue weighted by Gasteiger charge is -2.17. The van der Waals surface area contributed by atoms with Crippen LogP contribution in [0.1, 0.15) is 0 Å². The second kappa shape index (κ2) is 7.11. The van der Waals surface area contributed by atoms with E-state index in [0.29, 0.717) is 21.5 Å². The number of hydrogen-bond donors (Lipinski definition) is 0. The molecule has 0 saturated carbocycles. The Morgan fingerprint density at radius 1 is 1.04 bits per heavy atom. The van der Waals surface area contributed by atoms with Crippen LogP contribution in [0.4, 0.5) is 10.5 Å². The van der Waals surface area contributed by atoms with Crippen LogP contribution in [0.2, 0.25) is 10.0 Å². The van der Waals surface area contributed by atoms with E-state index >= 15 is 0 Å². The number of anilines is 1. The molecule has 2 aromatic rings. The third-order valence-electron chi connectivity index (χ3n) is 3.59. The number of halogens is 2. The first-order valence-corrected chi connectivity index (χ1v) is 8.06. The van der Waals surface area contributed by atoms with Crippen LogP contribution in [0, 0.1) is 0 Å². The molecular weight excluding hydrogens is 351 g/mol. The van der Waals surface area contributed by atoms with Gasteiger partial charge < -0.3 is 4.74 Å². The average Bonchev–Trinajstić information content (AvgIpc) is 2.87. The number of para-hydroxylation sites is 1. The van der Waals surface area contributed by atoms with Gasteiger partial charge in [0.2, 0.25) is 0 Å². The highest BCUT2D eigenvalue weighted by Crippen LogP contribution is 2.28. The molecule has 0 bridgehead atoms. The Morgan fingerprint density at radius 2 is 1.79 bits per heavy atom. The van der Waals surface area contributed by atoms with Crippen LogP contribution in [0.3, 0.4) is 0 Å². The number of nitrogens with zero attached hydrogens (tertiary/aromatic N) is 2. The first kappa shape index (κ1) is 16.6. The quantitative estimate of drug-likeness (QED) is 0.757. The molecule has 3 rings (SSSR count). The Labute approximate surface area is 149 Å². The number of carbonyl (C=O) groups is 2. The molecule has 1 aliphatic rings. The van der Waals surface area contributed by atoms with E-state index in [2.05, 4.69) is 0 Å². The molecule has 1 aliphatic heterocycles. The highest BCUT2D eigenvalue weighted by Gasteiger charge is 2.36. The van der Waals surface area contributed by atoms with Crippen LogP contribution < -0.4 is 9.64 Å². The fraction of sp³-hybridized carbons (Fsp3) is 0.176. The van der Waals surface area contributed by atoms with Gasteiger partial charge >= 0.3 is 6.03 Å². The summed E-state index contributed by atoms with van der Waals surface area (Å²) in [5.41, 5.74) is 0.692. The largest absolute Gasteiger partial charge is 0.490 e. The summed E-state index contributed by atoms with van der Waals surface area (Å²) in [6.45, 7) is 0.310. The molecule has 0 radical (unpaired) electrons. The Kier molecular flexibility index (Phi) is 4.92. The van der Waals surface area contributed by atoms with Gasteiger partial charge in [-0.3, -0.25) is 14.6 Å². The van der Waals surface area contributed by atoms with E-state index in [-0.39, 0.29) is 31.6 Å². The van der Waals surface area contributed by atoms with E-state index in [1.165, 1.54) is 9.80 Å². The molecule has 0 spiro atoms.